The van der Waals surface area contributed by atoms with E-state index in [1.807, 2.05) is 25.1 Å². The molecule has 134 valence electrons. The second-order valence-corrected chi connectivity index (χ2v) is 5.83. The molecule has 3 rings (SSSR count). The number of anilines is 1. The first-order valence-corrected chi connectivity index (χ1v) is 8.68. The molecule has 0 fully saturated rings. The molecule has 0 spiro atoms. The molecule has 1 aromatic carbocycles. The highest BCUT2D eigenvalue weighted by Crippen LogP contribution is 2.31. The first-order chi connectivity index (χ1) is 12.2. The molecule has 0 aliphatic carbocycles. The van der Waals surface area contributed by atoms with E-state index in [0.29, 0.717) is 37.7 Å². The average molecular weight is 343 g/mol. The van der Waals surface area contributed by atoms with Crippen LogP contribution in [0.25, 0.3) is 21.9 Å². The third-order valence-electron chi connectivity index (χ3n) is 4.02. The van der Waals surface area contributed by atoms with Gasteiger partial charge in [0.15, 0.2) is 5.82 Å². The Labute approximate surface area is 146 Å². The van der Waals surface area contributed by atoms with Crippen LogP contribution in [-0.2, 0) is 17.9 Å². The first kappa shape index (κ1) is 17.4. The van der Waals surface area contributed by atoms with Crippen LogP contribution in [0.5, 0.6) is 5.75 Å². The number of nitrogens with two attached hydrogens (primary N) is 2. The topological polar surface area (TPSA) is 101 Å². The lowest BCUT2D eigenvalue weighted by molar-refractivity contribution is 0.126. The first-order valence-electron chi connectivity index (χ1n) is 8.68. The van der Waals surface area contributed by atoms with E-state index in [9.17, 15) is 0 Å². The summed E-state index contributed by atoms with van der Waals surface area (Å²) in [5, 5.41) is 0.974. The minimum atomic E-state index is 0.436. The fourth-order valence-corrected chi connectivity index (χ4v) is 2.97. The van der Waals surface area contributed by atoms with Crippen LogP contribution < -0.4 is 16.2 Å². The van der Waals surface area contributed by atoms with Crippen molar-refractivity contribution in [2.24, 2.45) is 5.73 Å². The van der Waals surface area contributed by atoms with Gasteiger partial charge < -0.3 is 25.5 Å². The van der Waals surface area contributed by atoms with Crippen molar-refractivity contribution in [3.05, 3.63) is 24.0 Å². The molecule has 0 bridgehead atoms. The Balaban J connectivity index is 2.23. The molecule has 0 amide bonds. The van der Waals surface area contributed by atoms with E-state index in [1.165, 1.54) is 0 Å². The number of ether oxygens (including phenoxy) is 2. The van der Waals surface area contributed by atoms with Crippen molar-refractivity contribution in [3.8, 4) is 5.75 Å². The van der Waals surface area contributed by atoms with E-state index in [-0.39, 0.29) is 0 Å². The van der Waals surface area contributed by atoms with Crippen molar-refractivity contribution in [2.75, 3.05) is 25.5 Å². The summed E-state index contributed by atoms with van der Waals surface area (Å²) < 4.78 is 13.4. The highest BCUT2D eigenvalue weighted by atomic mass is 16.5. The summed E-state index contributed by atoms with van der Waals surface area (Å²) in [5.74, 6) is 2.07. The number of fused-ring (bicyclic) bond motifs is 3. The number of pyridine rings is 1. The Bertz CT molecular complexity index is 875. The fraction of sp³-hybridized carbons (Fsp3) is 0.444. The third-order valence-corrected chi connectivity index (χ3v) is 4.02. The molecule has 4 N–H and O–H groups in total. The number of nitrogens with zero attached hydrogens (tertiary/aromatic N) is 3. The lowest BCUT2D eigenvalue weighted by Gasteiger charge is -2.11. The molecule has 3 aromatic rings. The second-order valence-electron chi connectivity index (χ2n) is 5.83. The van der Waals surface area contributed by atoms with Crippen LogP contribution in [0.1, 0.15) is 26.1 Å². The maximum absolute atomic E-state index is 6.17. The van der Waals surface area contributed by atoms with E-state index < -0.39 is 0 Å². The Morgan fingerprint density at radius 3 is 2.76 bits per heavy atom. The van der Waals surface area contributed by atoms with Gasteiger partial charge in [-0.1, -0.05) is 6.92 Å². The van der Waals surface area contributed by atoms with Gasteiger partial charge in [0.2, 0.25) is 0 Å². The predicted octanol–water partition coefficient (Wildman–Crippen LogP) is 2.45. The van der Waals surface area contributed by atoms with Crippen molar-refractivity contribution in [3.63, 3.8) is 0 Å². The molecule has 2 heterocycles. The van der Waals surface area contributed by atoms with Gasteiger partial charge in [0.1, 0.15) is 30.3 Å². The van der Waals surface area contributed by atoms with Crippen molar-refractivity contribution < 1.29 is 9.47 Å². The monoisotopic (exact) mass is 343 g/mol. The van der Waals surface area contributed by atoms with Crippen molar-refractivity contribution >= 4 is 27.8 Å². The summed E-state index contributed by atoms with van der Waals surface area (Å²) in [6.07, 6.45) is 0.984. The smallest absolute Gasteiger partial charge is 0.152 e. The Hall–Kier alpha value is -2.38. The number of hydrogen-bond acceptors (Lipinski definition) is 6. The van der Waals surface area contributed by atoms with E-state index in [4.69, 9.17) is 25.9 Å². The number of hydrogen-bond donors (Lipinski definition) is 2. The van der Waals surface area contributed by atoms with Gasteiger partial charge in [-0.15, -0.1) is 0 Å². The highest BCUT2D eigenvalue weighted by molar-refractivity contribution is 6.07. The third kappa shape index (κ3) is 3.38. The molecule has 25 heavy (non-hydrogen) atoms. The summed E-state index contributed by atoms with van der Waals surface area (Å²) in [4.78, 5) is 9.20. The number of rotatable bonds is 8. The minimum Gasteiger partial charge on any atom is -0.492 e. The minimum absolute atomic E-state index is 0.436. The zero-order valence-electron chi connectivity index (χ0n) is 14.8. The van der Waals surface area contributed by atoms with E-state index >= 15 is 0 Å². The van der Waals surface area contributed by atoms with Gasteiger partial charge in [0, 0.05) is 25.1 Å². The molecule has 2 aromatic heterocycles. The lowest BCUT2D eigenvalue weighted by atomic mass is 10.1. The number of imidazole rings is 1. The maximum atomic E-state index is 6.17. The maximum Gasteiger partial charge on any atom is 0.152 e. The van der Waals surface area contributed by atoms with Crippen LogP contribution in [0.15, 0.2) is 18.2 Å². The van der Waals surface area contributed by atoms with Crippen LogP contribution in [0.2, 0.25) is 0 Å². The van der Waals surface area contributed by atoms with Crippen LogP contribution in [0, 0.1) is 0 Å². The molecule has 7 nitrogen and oxygen atoms in total. The second kappa shape index (κ2) is 7.67. The van der Waals surface area contributed by atoms with Crippen molar-refractivity contribution in [1.29, 1.82) is 0 Å². The Morgan fingerprint density at radius 2 is 2.04 bits per heavy atom. The van der Waals surface area contributed by atoms with Crippen molar-refractivity contribution in [2.45, 2.75) is 33.4 Å². The van der Waals surface area contributed by atoms with Gasteiger partial charge >= 0.3 is 0 Å². The normalized spacial score (nSPS) is 11.5. The Morgan fingerprint density at radius 1 is 1.20 bits per heavy atom. The Kier molecular flexibility index (Phi) is 5.35. The molecule has 0 unspecified atom stereocenters. The molecule has 0 saturated carbocycles. The zero-order valence-corrected chi connectivity index (χ0v) is 14.8. The molecular weight excluding hydrogens is 318 g/mol. The van der Waals surface area contributed by atoms with E-state index in [2.05, 4.69) is 16.5 Å². The largest absolute Gasteiger partial charge is 0.492 e. The van der Waals surface area contributed by atoms with Crippen LogP contribution >= 0.6 is 0 Å². The predicted molar refractivity (Wildman–Crippen MR) is 99.6 cm³/mol. The van der Waals surface area contributed by atoms with Gasteiger partial charge in [0.05, 0.1) is 11.0 Å². The van der Waals surface area contributed by atoms with Crippen LogP contribution in [0.4, 0.5) is 5.82 Å². The number of nitrogen functional groups attached to an aromatic ring is 1. The molecule has 0 aliphatic heterocycles. The molecule has 0 atom stereocenters. The lowest BCUT2D eigenvalue weighted by Crippen LogP contribution is -2.10. The summed E-state index contributed by atoms with van der Waals surface area (Å²) in [5.41, 5.74) is 14.2. The van der Waals surface area contributed by atoms with Crippen LogP contribution in [0.3, 0.4) is 0 Å². The average Bonchev–Trinajstić information content (AvgIpc) is 2.98. The number of aryl methyl sites for hydroxylation is 1. The van der Waals surface area contributed by atoms with Crippen LogP contribution in [-0.4, -0.2) is 34.3 Å². The molecule has 7 heteroatoms. The standard InChI is InChI=1S/C18H25N5O2/c1-3-8-23-15(11-24-4-2)22-16-17(23)13-10-12(25-9-7-19)5-6-14(13)21-18(16)20/h5-6,10H,3-4,7-9,11,19H2,1-2H3,(H2,20,21). The van der Waals surface area contributed by atoms with Gasteiger partial charge in [-0.2, -0.15) is 0 Å². The summed E-state index contributed by atoms with van der Waals surface area (Å²) >= 11 is 0. The summed E-state index contributed by atoms with van der Waals surface area (Å²) in [6.45, 7) is 6.99. The quantitative estimate of drug-likeness (QED) is 0.651. The molecule has 0 aliphatic rings. The number of aromatic nitrogens is 3. The highest BCUT2D eigenvalue weighted by Gasteiger charge is 2.17. The SMILES string of the molecule is CCCn1c(COCC)nc2c(N)nc3ccc(OCCN)cc3c21. The molecule has 0 saturated heterocycles. The van der Waals surface area contributed by atoms with E-state index in [1.54, 1.807) is 0 Å². The van der Waals surface area contributed by atoms with E-state index in [0.717, 1.165) is 41.0 Å². The summed E-state index contributed by atoms with van der Waals surface area (Å²) in [6, 6.07) is 5.79. The molecule has 0 radical (unpaired) electrons. The molecular formula is C18H25N5O2. The van der Waals surface area contributed by atoms with Crippen molar-refractivity contribution in [1.82, 2.24) is 14.5 Å². The summed E-state index contributed by atoms with van der Waals surface area (Å²) in [7, 11) is 0. The van der Waals surface area contributed by atoms with Gasteiger partial charge in [-0.05, 0) is 31.5 Å². The fourth-order valence-electron chi connectivity index (χ4n) is 2.97. The zero-order chi connectivity index (χ0) is 17.8. The van der Waals surface area contributed by atoms with Gasteiger partial charge in [-0.25, -0.2) is 9.97 Å². The van der Waals surface area contributed by atoms with Gasteiger partial charge in [-0.3, -0.25) is 0 Å². The number of benzene rings is 1. The van der Waals surface area contributed by atoms with Gasteiger partial charge in [0.25, 0.3) is 0 Å².